The van der Waals surface area contributed by atoms with E-state index in [2.05, 4.69) is 26.7 Å². The molecule has 0 spiro atoms. The fourth-order valence-electron chi connectivity index (χ4n) is 3.23. The zero-order chi connectivity index (χ0) is 18.4. The van der Waals surface area contributed by atoms with Gasteiger partial charge in [-0.3, -0.25) is 4.79 Å². The Balaban J connectivity index is 1.76. The first-order valence-corrected chi connectivity index (χ1v) is 9.08. The number of nitriles is 1. The highest BCUT2D eigenvalue weighted by Gasteiger charge is 2.18. The normalized spacial score (nSPS) is 14.9. The number of para-hydroxylation sites is 1. The number of hydrogen-bond donors (Lipinski definition) is 2. The fourth-order valence-corrected chi connectivity index (χ4v) is 3.23. The second-order valence-electron chi connectivity index (χ2n) is 6.66. The molecule has 0 saturated heterocycles. The van der Waals surface area contributed by atoms with Crippen molar-refractivity contribution in [3.05, 3.63) is 47.3 Å². The third-order valence-corrected chi connectivity index (χ3v) is 4.57. The van der Waals surface area contributed by atoms with Gasteiger partial charge in [0, 0.05) is 11.7 Å². The minimum Gasteiger partial charge on any atom is -0.348 e. The summed E-state index contributed by atoms with van der Waals surface area (Å²) >= 11 is 0. The second kappa shape index (κ2) is 8.43. The first-order chi connectivity index (χ1) is 12.7. The molecule has 1 fully saturated rings. The molecule has 2 aromatic rings. The van der Waals surface area contributed by atoms with Gasteiger partial charge in [-0.1, -0.05) is 37.8 Å². The number of hydrogen-bond acceptors (Lipinski definition) is 5. The Morgan fingerprint density at radius 1 is 1.15 bits per heavy atom. The Bertz CT molecular complexity index is 819. The monoisotopic (exact) mass is 349 g/mol. The number of anilines is 2. The summed E-state index contributed by atoms with van der Waals surface area (Å²) in [5.41, 5.74) is 2.17. The summed E-state index contributed by atoms with van der Waals surface area (Å²) in [6.45, 7) is 1.82. The van der Waals surface area contributed by atoms with Gasteiger partial charge in [-0.05, 0) is 38.0 Å². The molecule has 1 heterocycles. The van der Waals surface area contributed by atoms with E-state index in [1.165, 1.54) is 12.8 Å². The average Bonchev–Trinajstić information content (AvgIpc) is 2.90. The molecule has 1 saturated carbocycles. The Labute approximate surface area is 153 Å². The topological polar surface area (TPSA) is 90.7 Å². The fraction of sp³-hybridized carbons (Fsp3) is 0.400. The largest absolute Gasteiger partial charge is 0.348 e. The van der Waals surface area contributed by atoms with E-state index in [-0.39, 0.29) is 11.9 Å². The summed E-state index contributed by atoms with van der Waals surface area (Å²) in [5.74, 6) is 0.151. The number of carbonyl (C=O) groups excluding carboxylic acids is 1. The Morgan fingerprint density at radius 2 is 1.88 bits per heavy atom. The number of nitrogens with zero attached hydrogens (tertiary/aromatic N) is 3. The number of benzene rings is 1. The van der Waals surface area contributed by atoms with E-state index < -0.39 is 0 Å². The van der Waals surface area contributed by atoms with Crippen LogP contribution < -0.4 is 10.6 Å². The lowest BCUT2D eigenvalue weighted by atomic mass is 10.1. The van der Waals surface area contributed by atoms with E-state index in [1.807, 2.05) is 13.0 Å². The summed E-state index contributed by atoms with van der Waals surface area (Å²) in [7, 11) is 0. The van der Waals surface area contributed by atoms with Crippen molar-refractivity contribution in [2.45, 2.75) is 51.5 Å². The van der Waals surface area contributed by atoms with E-state index in [0.717, 1.165) is 25.7 Å². The van der Waals surface area contributed by atoms with Crippen LogP contribution in [0, 0.1) is 18.3 Å². The SMILES string of the molecule is Cc1cc(C(=O)NC2CCCCCC2)nc(Nc2ccccc2C#N)n1. The van der Waals surface area contributed by atoms with Gasteiger partial charge in [-0.2, -0.15) is 5.26 Å². The van der Waals surface area contributed by atoms with Crippen molar-refractivity contribution in [1.29, 1.82) is 5.26 Å². The van der Waals surface area contributed by atoms with Crippen LogP contribution in [-0.2, 0) is 0 Å². The summed E-state index contributed by atoms with van der Waals surface area (Å²) in [5, 5.41) is 15.4. The minimum absolute atomic E-state index is 0.168. The predicted molar refractivity (Wildman–Crippen MR) is 100 cm³/mol. The molecular formula is C20H23N5O. The van der Waals surface area contributed by atoms with Crippen molar-refractivity contribution in [3.63, 3.8) is 0 Å². The van der Waals surface area contributed by atoms with E-state index in [0.29, 0.717) is 28.6 Å². The molecule has 1 aliphatic rings. The third-order valence-electron chi connectivity index (χ3n) is 4.57. The molecule has 0 aliphatic heterocycles. The van der Waals surface area contributed by atoms with Gasteiger partial charge in [-0.25, -0.2) is 9.97 Å². The quantitative estimate of drug-likeness (QED) is 0.818. The molecule has 0 unspecified atom stereocenters. The second-order valence-corrected chi connectivity index (χ2v) is 6.66. The molecule has 26 heavy (non-hydrogen) atoms. The molecule has 1 amide bonds. The average molecular weight is 349 g/mol. The van der Waals surface area contributed by atoms with Crippen molar-refractivity contribution in [2.24, 2.45) is 0 Å². The van der Waals surface area contributed by atoms with Gasteiger partial charge in [0.2, 0.25) is 5.95 Å². The van der Waals surface area contributed by atoms with Crippen molar-refractivity contribution in [3.8, 4) is 6.07 Å². The van der Waals surface area contributed by atoms with Gasteiger partial charge in [-0.15, -0.1) is 0 Å². The van der Waals surface area contributed by atoms with Gasteiger partial charge in [0.15, 0.2) is 0 Å². The Kier molecular flexibility index (Phi) is 5.80. The third kappa shape index (κ3) is 4.57. The molecular weight excluding hydrogens is 326 g/mol. The van der Waals surface area contributed by atoms with Gasteiger partial charge >= 0.3 is 0 Å². The molecule has 6 nitrogen and oxygen atoms in total. The maximum absolute atomic E-state index is 12.6. The summed E-state index contributed by atoms with van der Waals surface area (Å²) < 4.78 is 0. The van der Waals surface area contributed by atoms with Gasteiger partial charge in [0.25, 0.3) is 5.91 Å². The number of aryl methyl sites for hydroxylation is 1. The maximum Gasteiger partial charge on any atom is 0.270 e. The molecule has 3 rings (SSSR count). The lowest BCUT2D eigenvalue weighted by Gasteiger charge is -2.16. The first-order valence-electron chi connectivity index (χ1n) is 9.08. The van der Waals surface area contributed by atoms with Crippen LogP contribution in [0.25, 0.3) is 0 Å². The van der Waals surface area contributed by atoms with Crippen LogP contribution in [0.3, 0.4) is 0 Å². The Hall–Kier alpha value is -2.94. The molecule has 6 heteroatoms. The lowest BCUT2D eigenvalue weighted by Crippen LogP contribution is -2.35. The molecule has 0 radical (unpaired) electrons. The standard InChI is InChI=1S/C20H23N5O/c1-14-12-18(19(26)23-16-9-4-2-3-5-10-16)25-20(22-14)24-17-11-7-6-8-15(17)13-21/h6-8,11-12,16H,2-5,9-10H2,1H3,(H,23,26)(H,22,24,25). The van der Waals surface area contributed by atoms with Gasteiger partial charge < -0.3 is 10.6 Å². The minimum atomic E-state index is -0.168. The molecule has 1 aromatic carbocycles. The predicted octanol–water partition coefficient (Wildman–Crippen LogP) is 3.85. The number of nitrogens with one attached hydrogen (secondary N) is 2. The molecule has 1 aromatic heterocycles. The number of carbonyl (C=O) groups is 1. The van der Waals surface area contributed by atoms with Crippen LogP contribution in [0.2, 0.25) is 0 Å². The molecule has 2 N–H and O–H groups in total. The van der Waals surface area contributed by atoms with E-state index >= 15 is 0 Å². The summed E-state index contributed by atoms with van der Waals surface area (Å²) in [6, 6.07) is 11.2. The number of amides is 1. The van der Waals surface area contributed by atoms with Gasteiger partial charge in [0.05, 0.1) is 11.3 Å². The van der Waals surface area contributed by atoms with Crippen LogP contribution in [0.5, 0.6) is 0 Å². The first kappa shape index (κ1) is 17.9. The van der Waals surface area contributed by atoms with E-state index in [1.54, 1.807) is 24.3 Å². The zero-order valence-corrected chi connectivity index (χ0v) is 15.0. The van der Waals surface area contributed by atoms with Crippen LogP contribution in [-0.4, -0.2) is 21.9 Å². The Morgan fingerprint density at radius 3 is 2.62 bits per heavy atom. The van der Waals surface area contributed by atoms with E-state index in [4.69, 9.17) is 0 Å². The smallest absolute Gasteiger partial charge is 0.270 e. The van der Waals surface area contributed by atoms with Crippen molar-refractivity contribution < 1.29 is 4.79 Å². The van der Waals surface area contributed by atoms with Crippen LogP contribution in [0.4, 0.5) is 11.6 Å². The molecule has 1 aliphatic carbocycles. The molecule has 0 atom stereocenters. The van der Waals surface area contributed by atoms with Crippen LogP contribution >= 0.6 is 0 Å². The highest BCUT2D eigenvalue weighted by atomic mass is 16.1. The molecule has 134 valence electrons. The highest BCUT2D eigenvalue weighted by molar-refractivity contribution is 5.93. The van der Waals surface area contributed by atoms with E-state index in [9.17, 15) is 10.1 Å². The van der Waals surface area contributed by atoms with Crippen molar-refractivity contribution >= 4 is 17.5 Å². The lowest BCUT2D eigenvalue weighted by molar-refractivity contribution is 0.0928. The van der Waals surface area contributed by atoms with Crippen LogP contribution in [0.1, 0.15) is 60.3 Å². The van der Waals surface area contributed by atoms with Gasteiger partial charge in [0.1, 0.15) is 11.8 Å². The van der Waals surface area contributed by atoms with Crippen molar-refractivity contribution in [2.75, 3.05) is 5.32 Å². The van der Waals surface area contributed by atoms with Crippen LogP contribution in [0.15, 0.2) is 30.3 Å². The summed E-state index contributed by atoms with van der Waals surface area (Å²) in [6.07, 6.45) is 6.85. The summed E-state index contributed by atoms with van der Waals surface area (Å²) in [4.78, 5) is 21.3. The highest BCUT2D eigenvalue weighted by Crippen LogP contribution is 2.19. The maximum atomic E-state index is 12.6. The van der Waals surface area contributed by atoms with Crippen molar-refractivity contribution in [1.82, 2.24) is 15.3 Å². The zero-order valence-electron chi connectivity index (χ0n) is 15.0. The molecule has 0 bridgehead atoms. The number of aromatic nitrogens is 2. The number of rotatable bonds is 4.